The number of carbonyl (C=O) groups is 4. The molecule has 5 amide bonds. The molecule has 168 valence electrons. The van der Waals surface area contributed by atoms with Gasteiger partial charge in [-0.2, -0.15) is 13.2 Å². The molecule has 0 radical (unpaired) electrons. The van der Waals surface area contributed by atoms with Crippen LogP contribution in [0.4, 0.5) is 29.3 Å². The Balaban J connectivity index is 1.76. The number of hydrogen-bond acceptors (Lipinski definition) is 4. The minimum Gasteiger partial charge on any atom is -0.325 e. The molecule has 0 aromatic heterocycles. The first-order chi connectivity index (χ1) is 14.4. The van der Waals surface area contributed by atoms with Gasteiger partial charge in [-0.25, -0.2) is 4.79 Å². The van der Waals surface area contributed by atoms with E-state index in [1.54, 1.807) is 0 Å². The lowest BCUT2D eigenvalue weighted by Crippen LogP contribution is -2.49. The number of nitrogens with zero attached hydrogens (tertiary/aromatic N) is 1. The quantitative estimate of drug-likeness (QED) is 0.626. The molecule has 31 heavy (non-hydrogen) atoms. The van der Waals surface area contributed by atoms with Crippen LogP contribution in [0, 0.1) is 5.92 Å². The minimum atomic E-state index is -4.66. The van der Waals surface area contributed by atoms with E-state index in [1.165, 1.54) is 6.92 Å². The summed E-state index contributed by atoms with van der Waals surface area (Å²) < 4.78 is 39.2. The van der Waals surface area contributed by atoms with Crippen LogP contribution in [-0.4, -0.2) is 40.7 Å². The van der Waals surface area contributed by atoms with E-state index in [9.17, 15) is 32.3 Å². The van der Waals surface area contributed by atoms with Crippen molar-refractivity contribution in [2.75, 3.05) is 17.2 Å². The van der Waals surface area contributed by atoms with Crippen LogP contribution in [0.25, 0.3) is 0 Å². The average Bonchev–Trinajstić information content (AvgIpc) is 2.88. The molecule has 1 aromatic carbocycles. The Morgan fingerprint density at radius 3 is 2.39 bits per heavy atom. The first kappa shape index (κ1) is 22.6. The predicted octanol–water partition coefficient (Wildman–Crippen LogP) is 3.10. The molecule has 1 aliphatic carbocycles. The monoisotopic (exact) mass is 440 g/mol. The molecule has 8 nitrogen and oxygen atoms in total. The van der Waals surface area contributed by atoms with Crippen LogP contribution >= 0.6 is 0 Å². The molecule has 0 atom stereocenters. The summed E-state index contributed by atoms with van der Waals surface area (Å²) in [7, 11) is 0. The van der Waals surface area contributed by atoms with Gasteiger partial charge in [0.25, 0.3) is 5.91 Å². The van der Waals surface area contributed by atoms with E-state index in [2.05, 4.69) is 22.9 Å². The molecule has 1 saturated heterocycles. The Morgan fingerprint density at radius 2 is 1.81 bits per heavy atom. The summed E-state index contributed by atoms with van der Waals surface area (Å²) in [5, 5.41) is 7.28. The number of halogens is 3. The third kappa shape index (κ3) is 4.80. The molecule has 1 aromatic rings. The Labute approximate surface area is 176 Å². The highest BCUT2D eigenvalue weighted by Crippen LogP contribution is 2.37. The van der Waals surface area contributed by atoms with Gasteiger partial charge in [-0.3, -0.25) is 19.3 Å². The van der Waals surface area contributed by atoms with Crippen LogP contribution in [0.15, 0.2) is 18.2 Å². The molecular formula is C20H23F3N4O4. The number of carbonyl (C=O) groups excluding carboxylic acids is 4. The molecule has 2 fully saturated rings. The van der Waals surface area contributed by atoms with Gasteiger partial charge in [0, 0.05) is 6.92 Å². The smallest absolute Gasteiger partial charge is 0.325 e. The summed E-state index contributed by atoms with van der Waals surface area (Å²) in [6, 6.07) is 1.76. The van der Waals surface area contributed by atoms with Crippen molar-refractivity contribution in [2.24, 2.45) is 5.92 Å². The SMILES string of the molecule is CC(=O)Nc1ccc(C(F)(F)F)cc1NC(=O)CN1C(=O)NC2(CCC(C)CC2)C1=O. The highest BCUT2D eigenvalue weighted by Gasteiger charge is 2.52. The molecule has 0 unspecified atom stereocenters. The highest BCUT2D eigenvalue weighted by molar-refractivity contribution is 6.10. The van der Waals surface area contributed by atoms with Crippen LogP contribution in [0.3, 0.4) is 0 Å². The summed E-state index contributed by atoms with van der Waals surface area (Å²) in [5.74, 6) is -1.49. The van der Waals surface area contributed by atoms with Gasteiger partial charge in [0.05, 0.1) is 16.9 Å². The zero-order valence-electron chi connectivity index (χ0n) is 17.1. The van der Waals surface area contributed by atoms with Crippen LogP contribution in [0.1, 0.15) is 45.1 Å². The van der Waals surface area contributed by atoms with Gasteiger partial charge in [0.1, 0.15) is 12.1 Å². The standard InChI is InChI=1S/C20H23F3N4O4/c1-11-5-7-19(8-6-11)17(30)27(18(31)26-19)10-16(29)25-15-9-13(20(21,22)23)3-4-14(15)24-12(2)28/h3-4,9,11H,5-8,10H2,1-2H3,(H,24,28)(H,25,29)(H,26,31). The summed E-state index contributed by atoms with van der Waals surface area (Å²) in [6.45, 7) is 2.57. The van der Waals surface area contributed by atoms with E-state index < -0.39 is 47.6 Å². The van der Waals surface area contributed by atoms with Gasteiger partial charge in [0.15, 0.2) is 0 Å². The lowest BCUT2D eigenvalue weighted by atomic mass is 9.77. The largest absolute Gasteiger partial charge is 0.416 e. The van der Waals surface area contributed by atoms with E-state index >= 15 is 0 Å². The number of hydrogen-bond donors (Lipinski definition) is 3. The molecule has 3 N–H and O–H groups in total. The number of alkyl halides is 3. The van der Waals surface area contributed by atoms with E-state index in [4.69, 9.17) is 0 Å². The Kier molecular flexibility index (Phi) is 5.97. The molecule has 1 heterocycles. The second kappa shape index (κ2) is 8.20. The second-order valence-electron chi connectivity index (χ2n) is 8.07. The van der Waals surface area contributed by atoms with E-state index in [-0.39, 0.29) is 11.4 Å². The van der Waals surface area contributed by atoms with Crippen molar-refractivity contribution in [1.82, 2.24) is 10.2 Å². The summed E-state index contributed by atoms with van der Waals surface area (Å²) in [6.07, 6.45) is -2.20. The van der Waals surface area contributed by atoms with E-state index in [1.807, 2.05) is 0 Å². The number of urea groups is 1. The molecule has 2 aliphatic rings. The van der Waals surface area contributed by atoms with Crippen molar-refractivity contribution in [2.45, 2.75) is 51.2 Å². The van der Waals surface area contributed by atoms with Crippen molar-refractivity contribution in [1.29, 1.82) is 0 Å². The Bertz CT molecular complexity index is 923. The van der Waals surface area contributed by atoms with E-state index in [0.717, 1.165) is 29.9 Å². The maximum Gasteiger partial charge on any atom is 0.416 e. The van der Waals surface area contributed by atoms with Gasteiger partial charge >= 0.3 is 12.2 Å². The molecule has 0 bridgehead atoms. The van der Waals surface area contributed by atoms with Crippen molar-refractivity contribution >= 4 is 35.1 Å². The molecular weight excluding hydrogens is 417 g/mol. The van der Waals surface area contributed by atoms with Crippen molar-refractivity contribution in [3.8, 4) is 0 Å². The van der Waals surface area contributed by atoms with Gasteiger partial charge in [-0.05, 0) is 49.8 Å². The first-order valence-electron chi connectivity index (χ1n) is 9.84. The first-order valence-corrected chi connectivity index (χ1v) is 9.84. The fourth-order valence-electron chi connectivity index (χ4n) is 3.87. The number of benzene rings is 1. The lowest BCUT2D eigenvalue weighted by Gasteiger charge is -2.33. The second-order valence-corrected chi connectivity index (χ2v) is 8.07. The molecule has 11 heteroatoms. The van der Waals surface area contributed by atoms with Gasteiger partial charge < -0.3 is 16.0 Å². The predicted molar refractivity (Wildman–Crippen MR) is 105 cm³/mol. The number of imide groups is 1. The zero-order valence-corrected chi connectivity index (χ0v) is 17.1. The van der Waals surface area contributed by atoms with E-state index in [0.29, 0.717) is 24.8 Å². The van der Waals surface area contributed by atoms with Crippen LogP contribution in [0.2, 0.25) is 0 Å². The molecule has 3 rings (SSSR count). The van der Waals surface area contributed by atoms with Crippen molar-refractivity contribution in [3.63, 3.8) is 0 Å². The number of anilines is 2. The minimum absolute atomic E-state index is 0.0382. The topological polar surface area (TPSA) is 108 Å². The molecule has 1 aliphatic heterocycles. The molecule has 1 saturated carbocycles. The third-order valence-corrected chi connectivity index (χ3v) is 5.61. The zero-order chi connectivity index (χ0) is 23.0. The van der Waals surface area contributed by atoms with Crippen LogP contribution < -0.4 is 16.0 Å². The Hall–Kier alpha value is -3.11. The number of amides is 5. The summed E-state index contributed by atoms with van der Waals surface area (Å²) >= 11 is 0. The van der Waals surface area contributed by atoms with Crippen molar-refractivity contribution < 1.29 is 32.3 Å². The molecule has 1 spiro atoms. The van der Waals surface area contributed by atoms with Gasteiger partial charge in [-0.15, -0.1) is 0 Å². The Morgan fingerprint density at radius 1 is 1.16 bits per heavy atom. The summed E-state index contributed by atoms with van der Waals surface area (Å²) in [5.41, 5.74) is -2.38. The van der Waals surface area contributed by atoms with Crippen LogP contribution in [0.5, 0.6) is 0 Å². The normalized spacial score (nSPS) is 23.6. The maximum absolute atomic E-state index is 13.1. The highest BCUT2D eigenvalue weighted by atomic mass is 19.4. The lowest BCUT2D eigenvalue weighted by molar-refractivity contribution is -0.137. The maximum atomic E-state index is 13.1. The third-order valence-electron chi connectivity index (χ3n) is 5.61. The fourth-order valence-corrected chi connectivity index (χ4v) is 3.87. The number of rotatable bonds is 4. The fraction of sp³-hybridized carbons (Fsp3) is 0.500. The summed E-state index contributed by atoms with van der Waals surface area (Å²) in [4.78, 5) is 49.8. The van der Waals surface area contributed by atoms with Crippen LogP contribution in [-0.2, 0) is 20.6 Å². The van der Waals surface area contributed by atoms with Crippen molar-refractivity contribution in [3.05, 3.63) is 23.8 Å². The average molecular weight is 440 g/mol. The number of nitrogens with one attached hydrogen (secondary N) is 3. The van der Waals surface area contributed by atoms with Gasteiger partial charge in [-0.1, -0.05) is 6.92 Å². The van der Waals surface area contributed by atoms with Gasteiger partial charge in [0.2, 0.25) is 11.8 Å².